The Bertz CT molecular complexity index is 943. The van der Waals surface area contributed by atoms with E-state index in [1.807, 2.05) is 0 Å². The van der Waals surface area contributed by atoms with Crippen molar-refractivity contribution in [2.75, 3.05) is 6.54 Å². The van der Waals surface area contributed by atoms with Gasteiger partial charge in [0.25, 0.3) is 5.91 Å². The lowest BCUT2D eigenvalue weighted by Crippen LogP contribution is -2.65. The fourth-order valence-electron chi connectivity index (χ4n) is 6.00. The Labute approximate surface area is 206 Å². The number of carbonyl (C=O) groups excluding carboxylic acids is 2. The summed E-state index contributed by atoms with van der Waals surface area (Å²) in [4.78, 5) is 25.2. The van der Waals surface area contributed by atoms with Crippen molar-refractivity contribution in [2.45, 2.75) is 71.5 Å². The number of amides is 2. The zero-order valence-corrected chi connectivity index (χ0v) is 21.4. The van der Waals surface area contributed by atoms with Gasteiger partial charge in [-0.3, -0.25) is 9.59 Å². The van der Waals surface area contributed by atoms with E-state index in [9.17, 15) is 9.59 Å². The minimum atomic E-state index is -0.500. The van der Waals surface area contributed by atoms with Gasteiger partial charge in [0.15, 0.2) is 0 Å². The molecule has 0 radical (unpaired) electrons. The van der Waals surface area contributed by atoms with Gasteiger partial charge in [-0.2, -0.15) is 0 Å². The molecular formula is C24H33BCl2N2O4. The Kier molecular flexibility index (Phi) is 6.82. The summed E-state index contributed by atoms with van der Waals surface area (Å²) in [5, 5.41) is 6.34. The van der Waals surface area contributed by atoms with Crippen molar-refractivity contribution in [1.82, 2.24) is 10.6 Å². The van der Waals surface area contributed by atoms with Gasteiger partial charge in [-0.25, -0.2) is 0 Å². The third-order valence-electron chi connectivity index (χ3n) is 7.95. The normalized spacial score (nSPS) is 30.4. The molecule has 3 saturated carbocycles. The second-order valence-electron chi connectivity index (χ2n) is 10.9. The first kappa shape index (κ1) is 24.8. The van der Waals surface area contributed by atoms with E-state index in [1.54, 1.807) is 12.1 Å². The smallest absolute Gasteiger partial charge is 0.404 e. The van der Waals surface area contributed by atoms with E-state index < -0.39 is 13.0 Å². The molecule has 1 aromatic carbocycles. The average Bonchev–Trinajstić information content (AvgIpc) is 3.10. The fourth-order valence-corrected chi connectivity index (χ4v) is 6.38. The Morgan fingerprint density at radius 3 is 2.61 bits per heavy atom. The van der Waals surface area contributed by atoms with E-state index in [-0.39, 0.29) is 46.1 Å². The van der Waals surface area contributed by atoms with Gasteiger partial charge in [-0.05, 0) is 67.6 Å². The molecule has 4 fully saturated rings. The summed E-state index contributed by atoms with van der Waals surface area (Å²) >= 11 is 12.1. The van der Waals surface area contributed by atoms with Gasteiger partial charge in [0.1, 0.15) is 0 Å². The van der Waals surface area contributed by atoms with Gasteiger partial charge in [-0.15, -0.1) is 0 Å². The van der Waals surface area contributed by atoms with Crippen LogP contribution in [-0.2, 0) is 14.1 Å². The van der Waals surface area contributed by atoms with E-state index in [4.69, 9.17) is 32.5 Å². The van der Waals surface area contributed by atoms with Crippen LogP contribution in [0.3, 0.4) is 0 Å². The van der Waals surface area contributed by atoms with Crippen molar-refractivity contribution in [3.63, 3.8) is 0 Å². The minimum absolute atomic E-state index is 0.0514. The standard InChI is InChI=1S/C24H33BCl2N2O4/c1-13(2)8-20(25-32-19-10-14-9-18(23(14,3)4)24(19,5)33-25)29-21(30)12-28-22(31)16-11-15(26)6-7-17(16)27/h6-7,11,13-14,18-20H,8-10,12H2,1-5H3,(H,28,31)(H,29,30)/t14-,18?,19+,20-,24-/m0/s1. The van der Waals surface area contributed by atoms with Crippen molar-refractivity contribution < 1.29 is 18.9 Å². The highest BCUT2D eigenvalue weighted by Gasteiger charge is 2.68. The number of benzene rings is 1. The van der Waals surface area contributed by atoms with Crippen LogP contribution in [0, 0.1) is 23.2 Å². The van der Waals surface area contributed by atoms with Gasteiger partial charge in [0, 0.05) is 5.02 Å². The molecule has 2 amide bonds. The molecule has 6 nitrogen and oxygen atoms in total. The number of halogens is 2. The molecule has 5 rings (SSSR count). The first-order valence-corrected chi connectivity index (χ1v) is 12.5. The lowest BCUT2D eigenvalue weighted by molar-refractivity contribution is -0.199. The second kappa shape index (κ2) is 9.06. The van der Waals surface area contributed by atoms with Crippen molar-refractivity contribution in [3.8, 4) is 0 Å². The van der Waals surface area contributed by atoms with E-state index in [2.05, 4.69) is 45.3 Å². The van der Waals surface area contributed by atoms with Crippen molar-refractivity contribution in [2.24, 2.45) is 23.2 Å². The molecule has 33 heavy (non-hydrogen) atoms. The SMILES string of the molecule is CC(C)C[C@H](NC(=O)CNC(=O)c1cc(Cl)ccc1Cl)B1O[C@@H]2C[C@@H]3CC(C3(C)C)[C@]2(C)O1. The molecule has 0 spiro atoms. The molecule has 180 valence electrons. The van der Waals surface area contributed by atoms with Gasteiger partial charge >= 0.3 is 7.12 Å². The number of hydrogen-bond acceptors (Lipinski definition) is 4. The van der Waals surface area contributed by atoms with Gasteiger partial charge < -0.3 is 19.9 Å². The quantitative estimate of drug-likeness (QED) is 0.546. The third kappa shape index (κ3) is 4.66. The Morgan fingerprint density at radius 1 is 1.21 bits per heavy atom. The largest absolute Gasteiger partial charge is 0.481 e. The van der Waals surface area contributed by atoms with Crippen LogP contribution in [0.25, 0.3) is 0 Å². The van der Waals surface area contributed by atoms with Crippen LogP contribution in [0.15, 0.2) is 18.2 Å². The van der Waals surface area contributed by atoms with Gasteiger partial charge in [0.2, 0.25) is 5.91 Å². The van der Waals surface area contributed by atoms with E-state index in [0.717, 1.165) is 6.42 Å². The van der Waals surface area contributed by atoms with Crippen LogP contribution in [0.2, 0.25) is 10.0 Å². The number of hydrogen-bond donors (Lipinski definition) is 2. The Hall–Kier alpha value is -1.28. The van der Waals surface area contributed by atoms with Crippen LogP contribution in [0.5, 0.6) is 0 Å². The second-order valence-corrected chi connectivity index (χ2v) is 11.8. The summed E-state index contributed by atoms with van der Waals surface area (Å²) in [5.41, 5.74) is 0.156. The highest BCUT2D eigenvalue weighted by molar-refractivity contribution is 6.48. The molecular weight excluding hydrogens is 462 g/mol. The van der Waals surface area contributed by atoms with Gasteiger partial charge in [-0.1, -0.05) is 50.9 Å². The Morgan fingerprint density at radius 2 is 1.94 bits per heavy atom. The van der Waals surface area contributed by atoms with E-state index in [0.29, 0.717) is 29.2 Å². The maximum atomic E-state index is 12.8. The molecule has 1 heterocycles. The topological polar surface area (TPSA) is 76.7 Å². The molecule has 4 aliphatic rings. The predicted molar refractivity (Wildman–Crippen MR) is 130 cm³/mol. The van der Waals surface area contributed by atoms with Crippen LogP contribution in [0.4, 0.5) is 0 Å². The molecule has 9 heteroatoms. The predicted octanol–water partition coefficient (Wildman–Crippen LogP) is 4.52. The third-order valence-corrected chi connectivity index (χ3v) is 8.52. The molecule has 2 N–H and O–H groups in total. The number of rotatable bonds is 7. The summed E-state index contributed by atoms with van der Waals surface area (Å²) < 4.78 is 13.0. The summed E-state index contributed by atoms with van der Waals surface area (Å²) in [7, 11) is -0.500. The van der Waals surface area contributed by atoms with Crippen molar-refractivity contribution in [3.05, 3.63) is 33.8 Å². The van der Waals surface area contributed by atoms with Crippen LogP contribution in [0.1, 0.15) is 64.2 Å². The molecule has 3 aliphatic carbocycles. The molecule has 5 atom stereocenters. The first-order chi connectivity index (χ1) is 15.4. The van der Waals surface area contributed by atoms with E-state index >= 15 is 0 Å². The van der Waals surface area contributed by atoms with E-state index in [1.165, 1.54) is 12.5 Å². The molecule has 1 saturated heterocycles. The zero-order valence-electron chi connectivity index (χ0n) is 19.9. The highest BCUT2D eigenvalue weighted by atomic mass is 35.5. The lowest BCUT2D eigenvalue weighted by atomic mass is 9.43. The zero-order chi connectivity index (χ0) is 24.1. The summed E-state index contributed by atoms with van der Waals surface area (Å²) in [6, 6.07) is 4.64. The number of nitrogens with one attached hydrogen (secondary N) is 2. The number of carbonyl (C=O) groups is 2. The Balaban J connectivity index is 1.39. The van der Waals surface area contributed by atoms with Crippen molar-refractivity contribution in [1.29, 1.82) is 0 Å². The summed E-state index contributed by atoms with van der Waals surface area (Å²) in [6.07, 6.45) is 2.94. The monoisotopic (exact) mass is 494 g/mol. The molecule has 1 aliphatic heterocycles. The summed E-state index contributed by atoms with van der Waals surface area (Å²) in [6.45, 7) is 10.8. The minimum Gasteiger partial charge on any atom is -0.404 e. The first-order valence-electron chi connectivity index (χ1n) is 11.8. The maximum absolute atomic E-state index is 12.8. The lowest BCUT2D eigenvalue weighted by Gasteiger charge is -2.64. The van der Waals surface area contributed by atoms with Crippen LogP contribution < -0.4 is 10.6 Å². The molecule has 2 bridgehead atoms. The van der Waals surface area contributed by atoms with Crippen LogP contribution in [-0.4, -0.2) is 43.1 Å². The fraction of sp³-hybridized carbons (Fsp3) is 0.667. The highest BCUT2D eigenvalue weighted by Crippen LogP contribution is 2.65. The molecule has 1 unspecified atom stereocenters. The molecule has 0 aromatic heterocycles. The summed E-state index contributed by atoms with van der Waals surface area (Å²) in [5.74, 6) is 0.399. The van der Waals surface area contributed by atoms with Crippen molar-refractivity contribution >= 4 is 42.1 Å². The maximum Gasteiger partial charge on any atom is 0.481 e. The van der Waals surface area contributed by atoms with Gasteiger partial charge in [0.05, 0.1) is 34.8 Å². The average molecular weight is 495 g/mol. The van der Waals surface area contributed by atoms with Crippen LogP contribution >= 0.6 is 23.2 Å². The molecule has 1 aromatic rings.